The number of fused-ring (bicyclic) bond motifs is 2. The monoisotopic (exact) mass is 465 g/mol. The number of ether oxygens (including phenoxy) is 1. The maximum atomic E-state index is 13.0. The first-order valence-electron chi connectivity index (χ1n) is 12.0. The summed E-state index contributed by atoms with van der Waals surface area (Å²) in [6.45, 7) is 3.31. The van der Waals surface area contributed by atoms with Crippen LogP contribution in [0.15, 0.2) is 36.5 Å². The summed E-state index contributed by atoms with van der Waals surface area (Å²) >= 11 is 0. The summed E-state index contributed by atoms with van der Waals surface area (Å²) < 4.78 is 5.36. The summed E-state index contributed by atoms with van der Waals surface area (Å²) in [5.41, 5.74) is 2.10. The molecule has 0 radical (unpaired) electrons. The molecule has 3 atom stereocenters. The zero-order valence-electron chi connectivity index (χ0n) is 20.5. The van der Waals surface area contributed by atoms with Gasteiger partial charge < -0.3 is 25.2 Å². The van der Waals surface area contributed by atoms with Crippen LogP contribution in [0.25, 0.3) is 0 Å². The Hall–Kier alpha value is -3.13. The summed E-state index contributed by atoms with van der Waals surface area (Å²) in [5.74, 6) is 1.49. The van der Waals surface area contributed by atoms with E-state index in [4.69, 9.17) is 4.74 Å². The van der Waals surface area contributed by atoms with Crippen molar-refractivity contribution in [3.05, 3.63) is 53.2 Å². The molecule has 0 aliphatic carbocycles. The van der Waals surface area contributed by atoms with E-state index in [2.05, 4.69) is 20.5 Å². The number of rotatable bonds is 8. The van der Waals surface area contributed by atoms with Crippen LogP contribution >= 0.6 is 0 Å². The Kier molecular flexibility index (Phi) is 7.36. The second-order valence-electron chi connectivity index (χ2n) is 9.53. The molecule has 2 fully saturated rings. The number of aromatic nitrogens is 1. The number of hydrogen-bond donors (Lipinski definition) is 2. The lowest BCUT2D eigenvalue weighted by molar-refractivity contribution is 0.0923. The topological polar surface area (TPSA) is 86.8 Å². The van der Waals surface area contributed by atoms with Gasteiger partial charge in [0, 0.05) is 48.5 Å². The highest BCUT2D eigenvalue weighted by molar-refractivity contribution is 5.96. The minimum Gasteiger partial charge on any atom is -0.496 e. The molecule has 0 unspecified atom stereocenters. The van der Waals surface area contributed by atoms with E-state index >= 15 is 0 Å². The third-order valence-electron chi connectivity index (χ3n) is 6.94. The molecule has 8 heteroatoms. The molecule has 0 spiro atoms. The largest absolute Gasteiger partial charge is 0.496 e. The SMILES string of the molecule is COc1cccc(C(=O)N[C@H]2C[C@H]3CC[C@@H](C2)N3c2ccc(C(=O)NCCN(C)C)cn2)c1C. The number of hydrogen-bond acceptors (Lipinski definition) is 6. The highest BCUT2D eigenvalue weighted by Crippen LogP contribution is 2.38. The molecule has 2 aliphatic rings. The van der Waals surface area contributed by atoms with Gasteiger partial charge in [0.2, 0.25) is 0 Å². The zero-order valence-corrected chi connectivity index (χ0v) is 20.5. The first-order valence-corrected chi connectivity index (χ1v) is 12.0. The van der Waals surface area contributed by atoms with Gasteiger partial charge in [-0.1, -0.05) is 6.07 Å². The number of anilines is 1. The first kappa shape index (κ1) is 24.0. The van der Waals surface area contributed by atoms with Gasteiger partial charge in [-0.25, -0.2) is 4.98 Å². The molecule has 2 amide bonds. The first-order chi connectivity index (χ1) is 16.4. The van der Waals surface area contributed by atoms with Crippen LogP contribution in [0.2, 0.25) is 0 Å². The van der Waals surface area contributed by atoms with Crippen molar-refractivity contribution < 1.29 is 14.3 Å². The van der Waals surface area contributed by atoms with Crippen molar-refractivity contribution in [1.29, 1.82) is 0 Å². The van der Waals surface area contributed by atoms with E-state index in [0.717, 1.165) is 49.4 Å². The number of piperidine rings is 1. The number of carbonyl (C=O) groups is 2. The summed E-state index contributed by atoms with van der Waals surface area (Å²) in [4.78, 5) is 34.4. The number of carbonyl (C=O) groups excluding carboxylic acids is 2. The fourth-order valence-electron chi connectivity index (χ4n) is 5.18. The van der Waals surface area contributed by atoms with Gasteiger partial charge in [-0.3, -0.25) is 9.59 Å². The lowest BCUT2D eigenvalue weighted by atomic mass is 9.96. The number of methoxy groups -OCH3 is 1. The van der Waals surface area contributed by atoms with Crippen LogP contribution in [0.4, 0.5) is 5.82 Å². The van der Waals surface area contributed by atoms with E-state index in [1.165, 1.54) is 0 Å². The van der Waals surface area contributed by atoms with E-state index in [-0.39, 0.29) is 17.9 Å². The quantitative estimate of drug-likeness (QED) is 0.623. The molecule has 34 heavy (non-hydrogen) atoms. The molecule has 0 saturated carbocycles. The van der Waals surface area contributed by atoms with Crippen molar-refractivity contribution in [2.24, 2.45) is 0 Å². The lowest BCUT2D eigenvalue weighted by Gasteiger charge is -2.40. The van der Waals surface area contributed by atoms with E-state index in [1.54, 1.807) is 13.3 Å². The van der Waals surface area contributed by atoms with Gasteiger partial charge in [0.05, 0.1) is 12.7 Å². The standard InChI is InChI=1S/C26H35N5O3/c1-17-22(6-5-7-23(17)34-4)26(33)29-19-14-20-9-10-21(15-19)31(20)24-11-8-18(16-28-24)25(32)27-12-13-30(2)3/h5-8,11,16,19-21H,9-10,12-15H2,1-4H3,(H,27,32)(H,29,33)/t19-,20+,21-. The average molecular weight is 466 g/mol. The second kappa shape index (κ2) is 10.4. The summed E-state index contributed by atoms with van der Waals surface area (Å²) in [6.07, 6.45) is 5.62. The van der Waals surface area contributed by atoms with Crippen LogP contribution in [-0.2, 0) is 0 Å². The summed E-state index contributed by atoms with van der Waals surface area (Å²) in [5, 5.41) is 6.18. The molecule has 1 aromatic carbocycles. The van der Waals surface area contributed by atoms with Gasteiger partial charge in [-0.05, 0) is 71.0 Å². The molecule has 2 bridgehead atoms. The average Bonchev–Trinajstić information content (AvgIpc) is 3.09. The minimum absolute atomic E-state index is 0.0444. The van der Waals surface area contributed by atoms with Crippen LogP contribution in [0.5, 0.6) is 5.75 Å². The van der Waals surface area contributed by atoms with Crippen LogP contribution in [0.1, 0.15) is 52.0 Å². The van der Waals surface area contributed by atoms with Gasteiger partial charge in [0.25, 0.3) is 11.8 Å². The van der Waals surface area contributed by atoms with E-state index in [9.17, 15) is 9.59 Å². The molecule has 4 rings (SSSR count). The second-order valence-corrected chi connectivity index (χ2v) is 9.53. The van der Waals surface area contributed by atoms with Crippen molar-refractivity contribution >= 4 is 17.6 Å². The fourth-order valence-corrected chi connectivity index (χ4v) is 5.18. The van der Waals surface area contributed by atoms with Gasteiger partial charge in [-0.15, -0.1) is 0 Å². The Bertz CT molecular complexity index is 1010. The summed E-state index contributed by atoms with van der Waals surface area (Å²) in [6, 6.07) is 10.2. The molecule has 8 nitrogen and oxygen atoms in total. The molecular weight excluding hydrogens is 430 g/mol. The number of benzene rings is 1. The lowest BCUT2D eigenvalue weighted by Crippen LogP contribution is -2.50. The Morgan fingerprint density at radius 3 is 2.47 bits per heavy atom. The molecule has 2 saturated heterocycles. The van der Waals surface area contributed by atoms with Crippen molar-refractivity contribution in [2.45, 2.75) is 50.7 Å². The van der Waals surface area contributed by atoms with E-state index in [1.807, 2.05) is 56.3 Å². The third-order valence-corrected chi connectivity index (χ3v) is 6.94. The molecule has 182 valence electrons. The van der Waals surface area contributed by atoms with Gasteiger partial charge in [0.15, 0.2) is 0 Å². The van der Waals surface area contributed by atoms with Crippen molar-refractivity contribution in [2.75, 3.05) is 39.2 Å². The molecule has 2 aliphatic heterocycles. The number of likely N-dealkylation sites (N-methyl/N-ethyl adjacent to an activating group) is 1. The highest BCUT2D eigenvalue weighted by atomic mass is 16.5. The normalized spacial score (nSPS) is 21.4. The minimum atomic E-state index is -0.0990. The molecule has 2 N–H and O–H groups in total. The summed E-state index contributed by atoms with van der Waals surface area (Å²) in [7, 11) is 5.58. The smallest absolute Gasteiger partial charge is 0.252 e. The van der Waals surface area contributed by atoms with Crippen molar-refractivity contribution in [3.63, 3.8) is 0 Å². The molecule has 1 aromatic heterocycles. The van der Waals surface area contributed by atoms with Gasteiger partial charge in [-0.2, -0.15) is 0 Å². The number of nitrogens with one attached hydrogen (secondary N) is 2. The third kappa shape index (κ3) is 5.17. The van der Waals surface area contributed by atoms with Crippen LogP contribution in [0.3, 0.4) is 0 Å². The number of nitrogens with zero attached hydrogens (tertiary/aromatic N) is 3. The number of amides is 2. The predicted octanol–water partition coefficient (Wildman–Crippen LogP) is 2.62. The molecule has 2 aromatic rings. The van der Waals surface area contributed by atoms with E-state index < -0.39 is 0 Å². The van der Waals surface area contributed by atoms with Crippen molar-refractivity contribution in [3.8, 4) is 5.75 Å². The van der Waals surface area contributed by atoms with Crippen LogP contribution in [0, 0.1) is 6.92 Å². The maximum absolute atomic E-state index is 13.0. The molecular formula is C26H35N5O3. The zero-order chi connectivity index (χ0) is 24.2. The van der Waals surface area contributed by atoms with Crippen molar-refractivity contribution in [1.82, 2.24) is 20.5 Å². The van der Waals surface area contributed by atoms with Gasteiger partial charge >= 0.3 is 0 Å². The van der Waals surface area contributed by atoms with Crippen LogP contribution < -0.4 is 20.3 Å². The Morgan fingerprint density at radius 1 is 1.12 bits per heavy atom. The Morgan fingerprint density at radius 2 is 1.85 bits per heavy atom. The fraction of sp³-hybridized carbons (Fsp3) is 0.500. The van der Waals surface area contributed by atoms with Gasteiger partial charge in [0.1, 0.15) is 11.6 Å². The van der Waals surface area contributed by atoms with Crippen LogP contribution in [-0.4, -0.2) is 74.1 Å². The van der Waals surface area contributed by atoms with E-state index in [0.29, 0.717) is 29.8 Å². The predicted molar refractivity (Wildman–Crippen MR) is 133 cm³/mol. The molecule has 3 heterocycles. The Labute approximate surface area is 201 Å². The Balaban J connectivity index is 1.37. The number of pyridine rings is 1. The highest BCUT2D eigenvalue weighted by Gasteiger charge is 2.41. The maximum Gasteiger partial charge on any atom is 0.252 e.